The molecule has 2 aromatic carbocycles. The van der Waals surface area contributed by atoms with Crippen LogP contribution < -0.4 is 0 Å². The number of hydrogen-bond acceptors (Lipinski definition) is 4. The Balaban J connectivity index is 1.97. The molecule has 0 unspecified atom stereocenters. The van der Waals surface area contributed by atoms with Crippen LogP contribution in [0.4, 0.5) is 5.69 Å². The fourth-order valence-electron chi connectivity index (χ4n) is 1.91. The van der Waals surface area contributed by atoms with Crippen LogP contribution in [0.2, 0.25) is 5.02 Å². The molecular formula is C14H9ClN4O2. The number of halogens is 1. The predicted octanol–water partition coefficient (Wildman–Crippen LogP) is 3.70. The first-order valence-electron chi connectivity index (χ1n) is 6.07. The highest BCUT2D eigenvalue weighted by molar-refractivity contribution is 6.32. The van der Waals surface area contributed by atoms with Crippen molar-refractivity contribution < 1.29 is 4.92 Å². The Labute approximate surface area is 124 Å². The zero-order chi connectivity index (χ0) is 14.8. The van der Waals surface area contributed by atoms with E-state index in [1.807, 2.05) is 30.3 Å². The minimum Gasteiger partial charge on any atom is -0.259 e. The lowest BCUT2D eigenvalue weighted by molar-refractivity contribution is -0.384. The Morgan fingerprint density at radius 1 is 1.10 bits per heavy atom. The van der Waals surface area contributed by atoms with Gasteiger partial charge in [0.05, 0.1) is 4.92 Å². The molecule has 0 bridgehead atoms. The number of nitro groups is 1. The van der Waals surface area contributed by atoms with Gasteiger partial charge < -0.3 is 0 Å². The maximum atomic E-state index is 10.7. The van der Waals surface area contributed by atoms with Crippen molar-refractivity contribution in [2.75, 3.05) is 0 Å². The minimum atomic E-state index is -0.528. The van der Waals surface area contributed by atoms with E-state index >= 15 is 0 Å². The highest BCUT2D eigenvalue weighted by Gasteiger charge is 2.15. The van der Waals surface area contributed by atoms with Gasteiger partial charge in [-0.15, -0.1) is 0 Å². The van der Waals surface area contributed by atoms with E-state index in [9.17, 15) is 10.1 Å². The van der Waals surface area contributed by atoms with Gasteiger partial charge in [0.25, 0.3) is 5.69 Å². The van der Waals surface area contributed by atoms with Gasteiger partial charge in [-0.2, -0.15) is 5.10 Å². The standard InChI is InChI=1S/C14H9ClN4O2/c15-11-8-10(6-7-12(11)19(20)21)14-16-13(17-18-14)9-4-2-1-3-5-9/h1-8H,(H,16,17,18). The van der Waals surface area contributed by atoms with Gasteiger partial charge >= 0.3 is 0 Å². The maximum absolute atomic E-state index is 10.7. The fraction of sp³-hybridized carbons (Fsp3) is 0. The number of aromatic amines is 1. The minimum absolute atomic E-state index is 0.0589. The Bertz CT molecular complexity index is 802. The van der Waals surface area contributed by atoms with Crippen molar-refractivity contribution in [1.29, 1.82) is 0 Å². The van der Waals surface area contributed by atoms with Crippen LogP contribution in [0.3, 0.4) is 0 Å². The van der Waals surface area contributed by atoms with Crippen LogP contribution in [0.25, 0.3) is 22.8 Å². The van der Waals surface area contributed by atoms with Crippen LogP contribution >= 0.6 is 11.6 Å². The van der Waals surface area contributed by atoms with Gasteiger partial charge in [-0.3, -0.25) is 15.2 Å². The normalized spacial score (nSPS) is 10.5. The molecule has 1 aromatic heterocycles. The molecule has 0 atom stereocenters. The Hall–Kier alpha value is -2.73. The van der Waals surface area contributed by atoms with Crippen molar-refractivity contribution in [1.82, 2.24) is 15.2 Å². The number of rotatable bonds is 3. The number of hydrogen-bond donors (Lipinski definition) is 1. The van der Waals surface area contributed by atoms with Crippen molar-refractivity contribution in [2.24, 2.45) is 0 Å². The van der Waals surface area contributed by atoms with Crippen LogP contribution in [0.1, 0.15) is 0 Å². The quantitative estimate of drug-likeness (QED) is 0.590. The lowest BCUT2D eigenvalue weighted by Gasteiger charge is -1.98. The zero-order valence-electron chi connectivity index (χ0n) is 10.7. The number of nitrogens with zero attached hydrogens (tertiary/aromatic N) is 3. The summed E-state index contributed by atoms with van der Waals surface area (Å²) in [6.45, 7) is 0. The zero-order valence-corrected chi connectivity index (χ0v) is 11.4. The van der Waals surface area contributed by atoms with Gasteiger partial charge in [0.2, 0.25) is 0 Å². The monoisotopic (exact) mass is 300 g/mol. The topological polar surface area (TPSA) is 84.7 Å². The molecule has 0 spiro atoms. The number of benzene rings is 2. The van der Waals surface area contributed by atoms with Crippen LogP contribution in [0.5, 0.6) is 0 Å². The average Bonchev–Trinajstić information content (AvgIpc) is 2.97. The van der Waals surface area contributed by atoms with Gasteiger partial charge in [0, 0.05) is 17.2 Å². The summed E-state index contributed by atoms with van der Waals surface area (Å²) in [5.74, 6) is 1.06. The summed E-state index contributed by atoms with van der Waals surface area (Å²) in [7, 11) is 0. The van der Waals surface area contributed by atoms with E-state index in [4.69, 9.17) is 11.6 Å². The Morgan fingerprint density at radius 2 is 1.86 bits per heavy atom. The molecule has 6 nitrogen and oxygen atoms in total. The van der Waals surface area contributed by atoms with Crippen molar-refractivity contribution in [3.05, 3.63) is 63.7 Å². The van der Waals surface area contributed by atoms with Gasteiger partial charge in [0.1, 0.15) is 5.02 Å². The molecular weight excluding hydrogens is 292 g/mol. The van der Waals surface area contributed by atoms with E-state index in [1.165, 1.54) is 12.1 Å². The summed E-state index contributed by atoms with van der Waals surface area (Å²) in [5.41, 5.74) is 1.38. The molecule has 0 saturated heterocycles. The molecule has 104 valence electrons. The molecule has 0 fully saturated rings. The van der Waals surface area contributed by atoms with Crippen molar-refractivity contribution in [2.45, 2.75) is 0 Å². The SMILES string of the molecule is O=[N+]([O-])c1ccc(-c2n[nH]c(-c3ccccc3)n2)cc1Cl. The first-order valence-corrected chi connectivity index (χ1v) is 6.45. The van der Waals surface area contributed by atoms with E-state index in [1.54, 1.807) is 6.07 Å². The number of H-pyrrole nitrogens is 1. The predicted molar refractivity (Wildman–Crippen MR) is 78.9 cm³/mol. The van der Waals surface area contributed by atoms with Crippen LogP contribution in [0.15, 0.2) is 48.5 Å². The largest absolute Gasteiger partial charge is 0.287 e. The van der Waals surface area contributed by atoms with Crippen LogP contribution in [-0.2, 0) is 0 Å². The van der Waals surface area contributed by atoms with Crippen LogP contribution in [-0.4, -0.2) is 20.1 Å². The van der Waals surface area contributed by atoms with Gasteiger partial charge in [-0.1, -0.05) is 41.9 Å². The third-order valence-corrected chi connectivity index (χ3v) is 3.24. The maximum Gasteiger partial charge on any atom is 0.287 e. The molecule has 7 heteroatoms. The Morgan fingerprint density at radius 3 is 2.52 bits per heavy atom. The Kier molecular flexibility index (Phi) is 3.37. The molecule has 0 aliphatic heterocycles. The number of nitrogens with one attached hydrogen (secondary N) is 1. The molecule has 3 rings (SSSR count). The highest BCUT2D eigenvalue weighted by Crippen LogP contribution is 2.29. The van der Waals surface area contributed by atoms with Crippen LogP contribution in [0, 0.1) is 10.1 Å². The first kappa shape index (κ1) is 13.3. The summed E-state index contributed by atoms with van der Waals surface area (Å²) < 4.78 is 0. The molecule has 3 aromatic rings. The van der Waals surface area contributed by atoms with E-state index in [2.05, 4.69) is 15.2 Å². The molecule has 1 heterocycles. The van der Waals surface area contributed by atoms with E-state index in [0.29, 0.717) is 17.2 Å². The molecule has 0 amide bonds. The van der Waals surface area contributed by atoms with E-state index < -0.39 is 4.92 Å². The lowest BCUT2D eigenvalue weighted by Crippen LogP contribution is -1.90. The van der Waals surface area contributed by atoms with Crippen molar-refractivity contribution >= 4 is 17.3 Å². The summed E-state index contributed by atoms with van der Waals surface area (Å²) in [6, 6.07) is 13.9. The molecule has 0 saturated carbocycles. The van der Waals surface area contributed by atoms with Crippen molar-refractivity contribution in [3.63, 3.8) is 0 Å². The molecule has 1 N–H and O–H groups in total. The molecule has 0 radical (unpaired) electrons. The number of nitro benzene ring substituents is 1. The van der Waals surface area contributed by atoms with Gasteiger partial charge in [-0.05, 0) is 12.1 Å². The second-order valence-corrected chi connectivity index (χ2v) is 4.70. The van der Waals surface area contributed by atoms with Crippen molar-refractivity contribution in [3.8, 4) is 22.8 Å². The second-order valence-electron chi connectivity index (χ2n) is 4.30. The smallest absolute Gasteiger partial charge is 0.259 e. The summed E-state index contributed by atoms with van der Waals surface area (Å²) in [4.78, 5) is 14.6. The van der Waals surface area contributed by atoms with Gasteiger partial charge in [0.15, 0.2) is 11.6 Å². The van der Waals surface area contributed by atoms with E-state index in [-0.39, 0.29) is 10.7 Å². The summed E-state index contributed by atoms with van der Waals surface area (Å²) in [5, 5.41) is 17.8. The second kappa shape index (κ2) is 5.34. The third kappa shape index (κ3) is 2.61. The van der Waals surface area contributed by atoms with E-state index in [0.717, 1.165) is 5.56 Å². The molecule has 0 aliphatic rings. The average molecular weight is 301 g/mol. The molecule has 0 aliphatic carbocycles. The third-order valence-electron chi connectivity index (χ3n) is 2.94. The van der Waals surface area contributed by atoms with Gasteiger partial charge in [-0.25, -0.2) is 4.98 Å². The first-order chi connectivity index (χ1) is 10.1. The summed E-state index contributed by atoms with van der Waals surface area (Å²) >= 11 is 5.89. The lowest BCUT2D eigenvalue weighted by atomic mass is 10.2. The molecule has 21 heavy (non-hydrogen) atoms. The summed E-state index contributed by atoms with van der Waals surface area (Å²) in [6.07, 6.45) is 0. The highest BCUT2D eigenvalue weighted by atomic mass is 35.5. The fourth-order valence-corrected chi connectivity index (χ4v) is 2.16. The number of aromatic nitrogens is 3.